The molecule has 0 saturated carbocycles. The lowest BCUT2D eigenvalue weighted by atomic mass is 10.2. The highest BCUT2D eigenvalue weighted by Gasteiger charge is 2.09. The number of H-pyrrole nitrogens is 1. The van der Waals surface area contributed by atoms with Crippen molar-refractivity contribution in [3.05, 3.63) is 38.5 Å². The molecule has 0 fully saturated rings. The molecule has 2 aromatic rings. The minimum Gasteiger partial charge on any atom is -0.378 e. The van der Waals surface area contributed by atoms with Gasteiger partial charge in [0, 0.05) is 24.3 Å². The minimum atomic E-state index is -0.104. The molecular formula is C13H18BrN5O. The quantitative estimate of drug-likeness (QED) is 0.847. The van der Waals surface area contributed by atoms with E-state index in [2.05, 4.69) is 43.5 Å². The molecule has 0 aliphatic heterocycles. The van der Waals surface area contributed by atoms with Crippen LogP contribution in [0.15, 0.2) is 21.7 Å². The Morgan fingerprint density at radius 1 is 1.45 bits per heavy atom. The third-order valence-electron chi connectivity index (χ3n) is 3.11. The van der Waals surface area contributed by atoms with E-state index < -0.39 is 0 Å². The van der Waals surface area contributed by atoms with Crippen LogP contribution in [0.5, 0.6) is 0 Å². The minimum absolute atomic E-state index is 0.104. The van der Waals surface area contributed by atoms with Crippen LogP contribution in [-0.4, -0.2) is 20.0 Å². The summed E-state index contributed by atoms with van der Waals surface area (Å²) in [5.74, 6) is 0. The second-order valence-electron chi connectivity index (χ2n) is 4.63. The van der Waals surface area contributed by atoms with Crippen LogP contribution in [0.4, 0.5) is 5.69 Å². The van der Waals surface area contributed by atoms with Gasteiger partial charge in [0.2, 0.25) is 0 Å². The van der Waals surface area contributed by atoms with E-state index in [9.17, 15) is 4.79 Å². The average molecular weight is 340 g/mol. The molecule has 0 bridgehead atoms. The van der Waals surface area contributed by atoms with Gasteiger partial charge in [-0.3, -0.25) is 9.89 Å². The van der Waals surface area contributed by atoms with Crippen LogP contribution < -0.4 is 10.9 Å². The molecule has 0 spiro atoms. The van der Waals surface area contributed by atoms with Gasteiger partial charge in [0.25, 0.3) is 5.56 Å². The van der Waals surface area contributed by atoms with Gasteiger partial charge in [-0.15, -0.1) is 0 Å². The van der Waals surface area contributed by atoms with Crippen LogP contribution >= 0.6 is 15.9 Å². The maximum Gasteiger partial charge on any atom is 0.283 e. The molecule has 0 amide bonds. The van der Waals surface area contributed by atoms with Gasteiger partial charge < -0.3 is 5.32 Å². The zero-order valence-electron chi connectivity index (χ0n) is 11.6. The van der Waals surface area contributed by atoms with Gasteiger partial charge in [0.1, 0.15) is 4.47 Å². The SMILES string of the molecule is CCCCn1ncc(NCc2cn[nH]c2C)c(Br)c1=O. The lowest BCUT2D eigenvalue weighted by Crippen LogP contribution is -2.24. The molecule has 6 nitrogen and oxygen atoms in total. The Labute approximate surface area is 125 Å². The number of hydrogen-bond donors (Lipinski definition) is 2. The van der Waals surface area contributed by atoms with Gasteiger partial charge in [-0.1, -0.05) is 13.3 Å². The second-order valence-corrected chi connectivity index (χ2v) is 5.42. The number of halogens is 1. The summed E-state index contributed by atoms with van der Waals surface area (Å²) in [4.78, 5) is 12.1. The van der Waals surface area contributed by atoms with Crippen LogP contribution in [0, 0.1) is 6.92 Å². The monoisotopic (exact) mass is 339 g/mol. The third-order valence-corrected chi connectivity index (χ3v) is 3.88. The maximum absolute atomic E-state index is 12.1. The molecule has 7 heteroatoms. The first-order valence-corrected chi connectivity index (χ1v) is 7.41. The summed E-state index contributed by atoms with van der Waals surface area (Å²) < 4.78 is 2.01. The van der Waals surface area contributed by atoms with Crippen molar-refractivity contribution >= 4 is 21.6 Å². The van der Waals surface area contributed by atoms with Crippen molar-refractivity contribution < 1.29 is 0 Å². The van der Waals surface area contributed by atoms with Crippen LogP contribution in [0.1, 0.15) is 31.0 Å². The molecule has 0 aliphatic carbocycles. The van der Waals surface area contributed by atoms with Crippen LogP contribution in [0.25, 0.3) is 0 Å². The molecule has 20 heavy (non-hydrogen) atoms. The third kappa shape index (κ3) is 3.27. The zero-order chi connectivity index (χ0) is 14.5. The number of nitrogens with one attached hydrogen (secondary N) is 2. The Balaban J connectivity index is 2.11. The summed E-state index contributed by atoms with van der Waals surface area (Å²) in [5.41, 5.74) is 2.67. The molecule has 0 aliphatic rings. The van der Waals surface area contributed by atoms with E-state index in [0.717, 1.165) is 24.1 Å². The molecular weight excluding hydrogens is 322 g/mol. The van der Waals surface area contributed by atoms with Crippen LogP contribution in [-0.2, 0) is 13.1 Å². The number of nitrogens with zero attached hydrogens (tertiary/aromatic N) is 3. The molecule has 0 atom stereocenters. The first kappa shape index (κ1) is 14.8. The van der Waals surface area contributed by atoms with E-state index in [-0.39, 0.29) is 5.56 Å². The number of aromatic nitrogens is 4. The van der Waals surface area contributed by atoms with Crippen molar-refractivity contribution in [2.75, 3.05) is 5.32 Å². The highest BCUT2D eigenvalue weighted by Crippen LogP contribution is 2.17. The molecule has 108 valence electrons. The van der Waals surface area contributed by atoms with Crippen LogP contribution in [0.3, 0.4) is 0 Å². The predicted molar refractivity (Wildman–Crippen MR) is 81.8 cm³/mol. The number of rotatable bonds is 6. The molecule has 0 radical (unpaired) electrons. The molecule has 0 unspecified atom stereocenters. The van der Waals surface area contributed by atoms with Crippen molar-refractivity contribution in [3.8, 4) is 0 Å². The first-order chi connectivity index (χ1) is 9.63. The zero-order valence-corrected chi connectivity index (χ0v) is 13.2. The van der Waals surface area contributed by atoms with E-state index in [4.69, 9.17) is 0 Å². The number of aryl methyl sites for hydroxylation is 2. The topological polar surface area (TPSA) is 75.6 Å². The maximum atomic E-state index is 12.1. The predicted octanol–water partition coefficient (Wildman–Crippen LogP) is 2.45. The summed E-state index contributed by atoms with van der Waals surface area (Å²) in [6.07, 6.45) is 5.43. The van der Waals surface area contributed by atoms with Gasteiger partial charge in [0.05, 0.1) is 18.1 Å². The first-order valence-electron chi connectivity index (χ1n) is 6.61. The fourth-order valence-electron chi connectivity index (χ4n) is 1.80. The Hall–Kier alpha value is -1.63. The smallest absolute Gasteiger partial charge is 0.283 e. The van der Waals surface area contributed by atoms with Gasteiger partial charge >= 0.3 is 0 Å². The molecule has 2 N–H and O–H groups in total. The van der Waals surface area contributed by atoms with Gasteiger partial charge in [-0.05, 0) is 29.3 Å². The molecule has 2 rings (SSSR count). The Morgan fingerprint density at radius 3 is 2.90 bits per heavy atom. The van der Waals surface area contributed by atoms with Crippen molar-refractivity contribution in [1.82, 2.24) is 20.0 Å². The normalized spacial score (nSPS) is 10.8. The lowest BCUT2D eigenvalue weighted by molar-refractivity contribution is 0.541. The Bertz CT molecular complexity index is 634. The van der Waals surface area contributed by atoms with E-state index in [1.807, 2.05) is 6.92 Å². The molecule has 0 aromatic carbocycles. The summed E-state index contributed by atoms with van der Waals surface area (Å²) >= 11 is 3.35. The Morgan fingerprint density at radius 2 is 2.25 bits per heavy atom. The van der Waals surface area contributed by atoms with E-state index >= 15 is 0 Å². The average Bonchev–Trinajstić information content (AvgIpc) is 2.85. The van der Waals surface area contributed by atoms with Crippen LogP contribution in [0.2, 0.25) is 0 Å². The van der Waals surface area contributed by atoms with Gasteiger partial charge in [-0.2, -0.15) is 10.2 Å². The number of hydrogen-bond acceptors (Lipinski definition) is 4. The molecule has 2 aromatic heterocycles. The van der Waals surface area contributed by atoms with Crippen molar-refractivity contribution in [3.63, 3.8) is 0 Å². The second kappa shape index (κ2) is 6.69. The van der Waals surface area contributed by atoms with Crippen molar-refractivity contribution in [2.45, 2.75) is 39.8 Å². The molecule has 2 heterocycles. The molecule has 0 saturated heterocycles. The van der Waals surface area contributed by atoms with E-state index in [1.54, 1.807) is 12.4 Å². The number of aromatic amines is 1. The fourth-order valence-corrected chi connectivity index (χ4v) is 2.25. The van der Waals surface area contributed by atoms with Gasteiger partial charge in [-0.25, -0.2) is 4.68 Å². The summed E-state index contributed by atoms with van der Waals surface area (Å²) in [5, 5.41) is 14.2. The number of anilines is 1. The fraction of sp³-hybridized carbons (Fsp3) is 0.462. The van der Waals surface area contributed by atoms with Crippen molar-refractivity contribution in [1.29, 1.82) is 0 Å². The van der Waals surface area contributed by atoms with Crippen molar-refractivity contribution in [2.24, 2.45) is 0 Å². The number of unbranched alkanes of at least 4 members (excludes halogenated alkanes) is 1. The van der Waals surface area contributed by atoms with E-state index in [1.165, 1.54) is 4.68 Å². The lowest BCUT2D eigenvalue weighted by Gasteiger charge is -2.10. The Kier molecular flexibility index (Phi) is 4.94. The highest BCUT2D eigenvalue weighted by molar-refractivity contribution is 9.10. The highest BCUT2D eigenvalue weighted by atomic mass is 79.9. The summed E-state index contributed by atoms with van der Waals surface area (Å²) in [6, 6.07) is 0. The summed E-state index contributed by atoms with van der Waals surface area (Å²) in [7, 11) is 0. The van der Waals surface area contributed by atoms with Gasteiger partial charge in [0.15, 0.2) is 0 Å². The largest absolute Gasteiger partial charge is 0.378 e. The van der Waals surface area contributed by atoms with E-state index in [0.29, 0.717) is 23.2 Å². The summed E-state index contributed by atoms with van der Waals surface area (Å²) in [6.45, 7) is 5.29. The standard InChI is InChI=1S/C13H18BrN5O/c1-3-4-5-19-13(20)12(14)11(8-17-19)15-6-10-7-16-18-9(10)2/h7-8,15H,3-6H2,1-2H3,(H,16,18).